The van der Waals surface area contributed by atoms with Gasteiger partial charge in [0.2, 0.25) is 0 Å². The summed E-state index contributed by atoms with van der Waals surface area (Å²) in [4.78, 5) is 4.13. The molecule has 0 aromatic heterocycles. The highest BCUT2D eigenvalue weighted by molar-refractivity contribution is 5.85. The lowest BCUT2D eigenvalue weighted by Gasteiger charge is -2.19. The molecule has 0 aromatic rings. The van der Waals surface area contributed by atoms with E-state index in [4.69, 9.17) is 4.74 Å². The molecule has 1 heterocycles. The number of hydrogen-bond acceptors (Lipinski definition) is 3. The third-order valence-electron chi connectivity index (χ3n) is 1.89. The zero-order valence-corrected chi connectivity index (χ0v) is 7.53. The van der Waals surface area contributed by atoms with Crippen molar-refractivity contribution in [2.45, 2.75) is 18.7 Å². The van der Waals surface area contributed by atoms with Crippen molar-refractivity contribution in [3.63, 3.8) is 0 Å². The first-order valence-corrected chi connectivity index (χ1v) is 3.55. The van der Waals surface area contributed by atoms with Gasteiger partial charge in [-0.3, -0.25) is 0 Å². The van der Waals surface area contributed by atoms with Crippen LogP contribution in [-0.4, -0.2) is 25.5 Å². The predicted octanol–water partition coefficient (Wildman–Crippen LogP) is 1.27. The number of rotatable bonds is 2. The van der Waals surface area contributed by atoms with Gasteiger partial charge in [-0.05, 0) is 6.42 Å². The molecule has 1 rings (SSSR count). The third kappa shape index (κ3) is 3.30. The van der Waals surface area contributed by atoms with Crippen molar-refractivity contribution in [2.24, 2.45) is 11.8 Å². The maximum absolute atomic E-state index is 12.2. The van der Waals surface area contributed by atoms with Crippen LogP contribution < -0.4 is 5.90 Å². The van der Waals surface area contributed by atoms with E-state index in [0.29, 0.717) is 0 Å². The molecule has 0 radical (unpaired) electrons. The Morgan fingerprint density at radius 3 is 2.54 bits per heavy atom. The molecule has 13 heavy (non-hydrogen) atoms. The Morgan fingerprint density at radius 1 is 1.46 bits per heavy atom. The monoisotopic (exact) mass is 221 g/mol. The normalized spacial score (nSPS) is 28.6. The summed E-state index contributed by atoms with van der Waals surface area (Å²) in [5.41, 5.74) is 0. The van der Waals surface area contributed by atoms with Crippen LogP contribution in [0.4, 0.5) is 13.2 Å². The summed E-state index contributed by atoms with van der Waals surface area (Å²) >= 11 is 0. The van der Waals surface area contributed by atoms with Gasteiger partial charge in [0, 0.05) is 6.61 Å². The molecule has 0 amide bonds. The zero-order chi connectivity index (χ0) is 9.19. The molecule has 2 atom stereocenters. The van der Waals surface area contributed by atoms with Gasteiger partial charge in [-0.1, -0.05) is 0 Å². The summed E-state index contributed by atoms with van der Waals surface area (Å²) in [5, 5.41) is 0. The predicted molar refractivity (Wildman–Crippen MR) is 41.3 cm³/mol. The standard InChI is InChI=1S/C6H10F3NO2.ClH/c7-6(8,9)4-1-2-11-5(4)3-12-10;/h4-5H,1-3,10H2;1H/t4-,5+;/m1./s1. The fourth-order valence-corrected chi connectivity index (χ4v) is 1.28. The summed E-state index contributed by atoms with van der Waals surface area (Å²) < 4.78 is 41.3. The maximum Gasteiger partial charge on any atom is 0.394 e. The van der Waals surface area contributed by atoms with Gasteiger partial charge in [-0.25, -0.2) is 5.90 Å². The molecule has 0 aliphatic carbocycles. The first-order valence-electron chi connectivity index (χ1n) is 3.55. The van der Waals surface area contributed by atoms with Crippen LogP contribution in [0.2, 0.25) is 0 Å². The number of hydrogen-bond donors (Lipinski definition) is 1. The van der Waals surface area contributed by atoms with Gasteiger partial charge >= 0.3 is 6.18 Å². The van der Waals surface area contributed by atoms with E-state index < -0.39 is 18.2 Å². The quantitative estimate of drug-likeness (QED) is 0.714. The van der Waals surface area contributed by atoms with Gasteiger partial charge in [0.25, 0.3) is 0 Å². The van der Waals surface area contributed by atoms with Crippen LogP contribution in [-0.2, 0) is 9.57 Å². The van der Waals surface area contributed by atoms with Gasteiger partial charge in [0.1, 0.15) is 0 Å². The molecule has 2 N–H and O–H groups in total. The fraction of sp³-hybridized carbons (Fsp3) is 1.00. The molecule has 0 spiro atoms. The van der Waals surface area contributed by atoms with Crippen molar-refractivity contribution in [3.05, 3.63) is 0 Å². The smallest absolute Gasteiger partial charge is 0.375 e. The molecule has 0 saturated carbocycles. The van der Waals surface area contributed by atoms with Crippen LogP contribution in [0.1, 0.15) is 6.42 Å². The number of alkyl halides is 3. The minimum Gasteiger partial charge on any atom is -0.375 e. The van der Waals surface area contributed by atoms with E-state index >= 15 is 0 Å². The number of ether oxygens (including phenoxy) is 1. The second kappa shape index (κ2) is 4.99. The Kier molecular flexibility index (Phi) is 4.98. The molecule has 0 aromatic carbocycles. The number of nitrogens with two attached hydrogens (primary N) is 1. The summed E-state index contributed by atoms with van der Waals surface area (Å²) in [6.45, 7) is -0.0810. The Balaban J connectivity index is 0.00000144. The van der Waals surface area contributed by atoms with E-state index in [0.717, 1.165) is 0 Å². The molecule has 1 fully saturated rings. The van der Waals surface area contributed by atoms with Crippen LogP contribution in [0.5, 0.6) is 0 Å². The zero-order valence-electron chi connectivity index (χ0n) is 6.71. The van der Waals surface area contributed by atoms with E-state index in [9.17, 15) is 13.2 Å². The molecule has 3 nitrogen and oxygen atoms in total. The second-order valence-electron chi connectivity index (χ2n) is 2.68. The summed E-state index contributed by atoms with van der Waals surface area (Å²) in [6.07, 6.45) is -5.15. The largest absolute Gasteiger partial charge is 0.394 e. The molecule has 0 unspecified atom stereocenters. The lowest BCUT2D eigenvalue weighted by atomic mass is 10.0. The van der Waals surface area contributed by atoms with Crippen molar-refractivity contribution in [3.8, 4) is 0 Å². The molecule has 0 bridgehead atoms. The van der Waals surface area contributed by atoms with Crippen molar-refractivity contribution in [1.29, 1.82) is 0 Å². The van der Waals surface area contributed by atoms with Crippen molar-refractivity contribution < 1.29 is 22.7 Å². The summed E-state index contributed by atoms with van der Waals surface area (Å²) in [7, 11) is 0. The maximum atomic E-state index is 12.2. The highest BCUT2D eigenvalue weighted by Crippen LogP contribution is 2.36. The molecule has 7 heteroatoms. The lowest BCUT2D eigenvalue weighted by molar-refractivity contribution is -0.192. The van der Waals surface area contributed by atoms with Crippen LogP contribution >= 0.6 is 12.4 Å². The first-order chi connectivity index (χ1) is 5.55. The van der Waals surface area contributed by atoms with E-state index in [-0.39, 0.29) is 32.0 Å². The van der Waals surface area contributed by atoms with Gasteiger partial charge < -0.3 is 9.57 Å². The average Bonchev–Trinajstić information content (AvgIpc) is 2.34. The molecule has 1 saturated heterocycles. The van der Waals surface area contributed by atoms with Crippen LogP contribution in [0, 0.1) is 5.92 Å². The second-order valence-corrected chi connectivity index (χ2v) is 2.68. The van der Waals surface area contributed by atoms with Crippen LogP contribution in [0.3, 0.4) is 0 Å². The van der Waals surface area contributed by atoms with Crippen molar-refractivity contribution in [2.75, 3.05) is 13.2 Å². The van der Waals surface area contributed by atoms with Gasteiger partial charge in [-0.2, -0.15) is 13.2 Å². The van der Waals surface area contributed by atoms with Gasteiger partial charge in [-0.15, -0.1) is 12.4 Å². The summed E-state index contributed by atoms with van der Waals surface area (Å²) in [6, 6.07) is 0. The van der Waals surface area contributed by atoms with Crippen molar-refractivity contribution in [1.82, 2.24) is 0 Å². The topological polar surface area (TPSA) is 44.5 Å². The first kappa shape index (κ1) is 13.0. The van der Waals surface area contributed by atoms with Gasteiger partial charge in [0.15, 0.2) is 0 Å². The molecule has 1 aliphatic rings. The Morgan fingerprint density at radius 2 is 2.08 bits per heavy atom. The Labute approximate surface area is 79.7 Å². The Bertz CT molecular complexity index is 155. The van der Waals surface area contributed by atoms with Crippen LogP contribution in [0.25, 0.3) is 0 Å². The van der Waals surface area contributed by atoms with Crippen molar-refractivity contribution >= 4 is 12.4 Å². The fourth-order valence-electron chi connectivity index (χ4n) is 1.28. The van der Waals surface area contributed by atoms with E-state index in [1.165, 1.54) is 0 Å². The highest BCUT2D eigenvalue weighted by Gasteiger charge is 2.47. The average molecular weight is 222 g/mol. The molecular weight excluding hydrogens is 211 g/mol. The minimum absolute atomic E-state index is 0. The Hall–Kier alpha value is -0.0400. The van der Waals surface area contributed by atoms with E-state index in [1.54, 1.807) is 0 Å². The minimum atomic E-state index is -4.21. The SMILES string of the molecule is Cl.NOC[C@@H]1OCC[C@H]1C(F)(F)F. The van der Waals surface area contributed by atoms with Gasteiger partial charge in [0.05, 0.1) is 18.6 Å². The van der Waals surface area contributed by atoms with E-state index in [2.05, 4.69) is 10.7 Å². The lowest BCUT2D eigenvalue weighted by Crippen LogP contribution is -2.34. The number of halogens is 4. The molecular formula is C6H11ClF3NO2. The van der Waals surface area contributed by atoms with E-state index in [1.807, 2.05) is 0 Å². The third-order valence-corrected chi connectivity index (χ3v) is 1.89. The molecule has 1 aliphatic heterocycles. The van der Waals surface area contributed by atoms with Crippen LogP contribution in [0.15, 0.2) is 0 Å². The highest BCUT2D eigenvalue weighted by atomic mass is 35.5. The molecule has 80 valence electrons. The summed E-state index contributed by atoms with van der Waals surface area (Å²) in [5.74, 6) is 3.24.